The summed E-state index contributed by atoms with van der Waals surface area (Å²) in [4.78, 5) is 21.2. The first-order valence-corrected chi connectivity index (χ1v) is 4.56. The maximum absolute atomic E-state index is 10.8. The number of hydrogen-bond acceptors (Lipinski definition) is 2. The summed E-state index contributed by atoms with van der Waals surface area (Å²) in [6, 6.07) is 0. The molecule has 1 aliphatic rings. The van der Waals surface area contributed by atoms with Gasteiger partial charge in [0.1, 0.15) is 0 Å². The van der Waals surface area contributed by atoms with Crippen LogP contribution >= 0.6 is 0 Å². The highest BCUT2D eigenvalue weighted by Gasteiger charge is 2.31. The van der Waals surface area contributed by atoms with Crippen LogP contribution in [0.5, 0.6) is 0 Å². The van der Waals surface area contributed by atoms with E-state index in [0.29, 0.717) is 0 Å². The van der Waals surface area contributed by atoms with E-state index in [1.165, 1.54) is 0 Å². The fraction of sp³-hybridized carbons (Fsp3) is 0.778. The Kier molecular flexibility index (Phi) is 3.28. The summed E-state index contributed by atoms with van der Waals surface area (Å²) in [7, 11) is 0. The van der Waals surface area contributed by atoms with Crippen molar-refractivity contribution >= 4 is 11.9 Å². The number of carbonyl (C=O) groups is 2. The molecular formula is C9H14O4. The van der Waals surface area contributed by atoms with E-state index in [9.17, 15) is 9.59 Å². The van der Waals surface area contributed by atoms with Gasteiger partial charge in [-0.05, 0) is 18.8 Å². The Morgan fingerprint density at radius 1 is 1.23 bits per heavy atom. The highest BCUT2D eigenvalue weighted by Crippen LogP contribution is 2.33. The van der Waals surface area contributed by atoms with E-state index in [-0.39, 0.29) is 12.3 Å². The fourth-order valence-corrected chi connectivity index (χ4v) is 2.00. The zero-order valence-electron chi connectivity index (χ0n) is 7.40. The van der Waals surface area contributed by atoms with Crippen LogP contribution in [0.3, 0.4) is 0 Å². The molecule has 1 aliphatic carbocycles. The first-order chi connectivity index (χ1) is 6.11. The molecule has 0 heterocycles. The summed E-state index contributed by atoms with van der Waals surface area (Å²) in [5, 5.41) is 17.3. The predicted molar refractivity (Wildman–Crippen MR) is 45.3 cm³/mol. The van der Waals surface area contributed by atoms with Crippen molar-refractivity contribution in [1.82, 2.24) is 0 Å². The number of carboxylic acids is 2. The molecule has 0 aromatic heterocycles. The molecule has 0 bridgehead atoms. The molecule has 0 unspecified atom stereocenters. The molecular weight excluding hydrogens is 172 g/mol. The van der Waals surface area contributed by atoms with E-state index in [1.54, 1.807) is 0 Å². The molecule has 0 saturated heterocycles. The molecule has 2 N–H and O–H groups in total. The van der Waals surface area contributed by atoms with Crippen molar-refractivity contribution in [3.8, 4) is 0 Å². The summed E-state index contributed by atoms with van der Waals surface area (Å²) >= 11 is 0. The third-order valence-electron chi connectivity index (χ3n) is 2.68. The third-order valence-corrected chi connectivity index (χ3v) is 2.68. The normalized spacial score (nSPS) is 20.0. The molecule has 0 spiro atoms. The molecule has 0 aliphatic heterocycles. The Morgan fingerprint density at radius 2 is 1.77 bits per heavy atom. The van der Waals surface area contributed by atoms with Gasteiger partial charge in [0.05, 0.1) is 12.3 Å². The zero-order valence-corrected chi connectivity index (χ0v) is 7.40. The predicted octanol–water partition coefficient (Wildman–Crippen LogP) is 1.35. The van der Waals surface area contributed by atoms with Crippen LogP contribution in [-0.2, 0) is 9.59 Å². The molecule has 4 heteroatoms. The lowest BCUT2D eigenvalue weighted by Crippen LogP contribution is -2.24. The molecule has 13 heavy (non-hydrogen) atoms. The highest BCUT2D eigenvalue weighted by molar-refractivity contribution is 5.78. The van der Waals surface area contributed by atoms with Crippen molar-refractivity contribution in [2.24, 2.45) is 11.8 Å². The number of aliphatic carboxylic acids is 2. The van der Waals surface area contributed by atoms with Crippen molar-refractivity contribution in [3.05, 3.63) is 0 Å². The van der Waals surface area contributed by atoms with Gasteiger partial charge >= 0.3 is 11.9 Å². The number of rotatable bonds is 4. The monoisotopic (exact) mass is 186 g/mol. The van der Waals surface area contributed by atoms with Crippen molar-refractivity contribution in [2.45, 2.75) is 32.1 Å². The Morgan fingerprint density at radius 3 is 2.15 bits per heavy atom. The standard InChI is InChI=1S/C9H14O4/c10-8(11)5-7(9(12)13)6-3-1-2-4-6/h6-7H,1-5H2,(H,10,11)(H,12,13)/t7-/m0/s1. The molecule has 1 fully saturated rings. The average Bonchev–Trinajstić information content (AvgIpc) is 2.50. The second-order valence-electron chi connectivity index (χ2n) is 3.59. The maximum Gasteiger partial charge on any atom is 0.307 e. The van der Waals surface area contributed by atoms with Crippen LogP contribution in [0.15, 0.2) is 0 Å². The molecule has 1 rings (SSSR count). The van der Waals surface area contributed by atoms with Gasteiger partial charge in [-0.25, -0.2) is 0 Å². The van der Waals surface area contributed by atoms with E-state index in [2.05, 4.69) is 0 Å². The summed E-state index contributed by atoms with van der Waals surface area (Å²) in [6.07, 6.45) is 3.57. The maximum atomic E-state index is 10.8. The van der Waals surface area contributed by atoms with E-state index in [0.717, 1.165) is 25.7 Å². The number of hydrogen-bond donors (Lipinski definition) is 2. The molecule has 1 saturated carbocycles. The second-order valence-corrected chi connectivity index (χ2v) is 3.59. The lowest BCUT2D eigenvalue weighted by Gasteiger charge is -2.16. The van der Waals surface area contributed by atoms with Crippen molar-refractivity contribution in [1.29, 1.82) is 0 Å². The highest BCUT2D eigenvalue weighted by atomic mass is 16.4. The second kappa shape index (κ2) is 4.25. The Bertz CT molecular complexity index is 206. The summed E-state index contributed by atoms with van der Waals surface area (Å²) in [5.74, 6) is -2.58. The molecule has 0 aromatic rings. The SMILES string of the molecule is O=C(O)C[C@H](C(=O)O)C1CCCC1. The Hall–Kier alpha value is -1.06. The van der Waals surface area contributed by atoms with Crippen LogP contribution in [0.4, 0.5) is 0 Å². The largest absolute Gasteiger partial charge is 0.481 e. The van der Waals surface area contributed by atoms with Gasteiger partial charge in [-0.3, -0.25) is 9.59 Å². The van der Waals surface area contributed by atoms with E-state index in [4.69, 9.17) is 10.2 Å². The minimum atomic E-state index is -1.01. The van der Waals surface area contributed by atoms with E-state index >= 15 is 0 Å². The van der Waals surface area contributed by atoms with Gasteiger partial charge in [-0.2, -0.15) is 0 Å². The Balaban J connectivity index is 2.55. The molecule has 0 amide bonds. The van der Waals surface area contributed by atoms with E-state index in [1.807, 2.05) is 0 Å². The lowest BCUT2D eigenvalue weighted by atomic mass is 9.88. The van der Waals surface area contributed by atoms with Crippen molar-refractivity contribution in [2.75, 3.05) is 0 Å². The Labute approximate surface area is 76.6 Å². The minimum absolute atomic E-state index is 0.0774. The van der Waals surface area contributed by atoms with E-state index < -0.39 is 17.9 Å². The molecule has 1 atom stereocenters. The first kappa shape index (κ1) is 10.0. The van der Waals surface area contributed by atoms with Gasteiger partial charge in [0.25, 0.3) is 0 Å². The van der Waals surface area contributed by atoms with Gasteiger partial charge in [-0.1, -0.05) is 12.8 Å². The van der Waals surface area contributed by atoms with Crippen LogP contribution in [0.2, 0.25) is 0 Å². The first-order valence-electron chi connectivity index (χ1n) is 4.56. The lowest BCUT2D eigenvalue weighted by molar-refractivity contribution is -0.150. The van der Waals surface area contributed by atoms with Crippen LogP contribution in [0.1, 0.15) is 32.1 Å². The quantitative estimate of drug-likeness (QED) is 0.695. The molecule has 0 radical (unpaired) electrons. The zero-order chi connectivity index (χ0) is 9.84. The van der Waals surface area contributed by atoms with Crippen LogP contribution < -0.4 is 0 Å². The topological polar surface area (TPSA) is 74.6 Å². The summed E-state index contributed by atoms with van der Waals surface area (Å²) < 4.78 is 0. The van der Waals surface area contributed by atoms with Crippen molar-refractivity contribution in [3.63, 3.8) is 0 Å². The van der Waals surface area contributed by atoms with Gasteiger partial charge in [0, 0.05) is 0 Å². The minimum Gasteiger partial charge on any atom is -0.481 e. The third kappa shape index (κ3) is 2.72. The van der Waals surface area contributed by atoms with Crippen LogP contribution in [0.25, 0.3) is 0 Å². The van der Waals surface area contributed by atoms with Gasteiger partial charge in [-0.15, -0.1) is 0 Å². The fourth-order valence-electron chi connectivity index (χ4n) is 2.00. The summed E-state index contributed by atoms with van der Waals surface area (Å²) in [5.41, 5.74) is 0. The van der Waals surface area contributed by atoms with Gasteiger partial charge in [0.2, 0.25) is 0 Å². The molecule has 4 nitrogen and oxygen atoms in total. The summed E-state index contributed by atoms with van der Waals surface area (Å²) in [6.45, 7) is 0. The van der Waals surface area contributed by atoms with Crippen molar-refractivity contribution < 1.29 is 19.8 Å². The smallest absolute Gasteiger partial charge is 0.307 e. The van der Waals surface area contributed by atoms with Crippen LogP contribution in [0, 0.1) is 11.8 Å². The van der Waals surface area contributed by atoms with Gasteiger partial charge in [0.15, 0.2) is 0 Å². The van der Waals surface area contributed by atoms with Crippen LogP contribution in [-0.4, -0.2) is 22.2 Å². The number of carboxylic acid groups (broad SMARTS) is 2. The molecule has 0 aromatic carbocycles. The average molecular weight is 186 g/mol. The van der Waals surface area contributed by atoms with Gasteiger partial charge < -0.3 is 10.2 Å². The molecule has 74 valence electrons.